The van der Waals surface area contributed by atoms with Gasteiger partial charge in [0.2, 0.25) is 0 Å². The molecule has 3 nitrogen and oxygen atoms in total. The molecular formula is C13H12FNO2. The summed E-state index contributed by atoms with van der Waals surface area (Å²) in [4.78, 5) is 14.1. The van der Waals surface area contributed by atoms with Crippen molar-refractivity contribution in [2.75, 3.05) is 6.61 Å². The molecule has 0 aliphatic rings. The Morgan fingerprint density at radius 3 is 3.12 bits per heavy atom. The van der Waals surface area contributed by atoms with Crippen LogP contribution in [0, 0.1) is 5.82 Å². The van der Waals surface area contributed by atoms with Crippen LogP contribution in [0.25, 0.3) is 17.0 Å². The summed E-state index contributed by atoms with van der Waals surface area (Å²) in [6.07, 6.45) is 4.49. The number of esters is 1. The number of aromatic nitrogens is 1. The van der Waals surface area contributed by atoms with Crippen molar-refractivity contribution in [1.29, 1.82) is 0 Å². The molecule has 0 radical (unpaired) electrons. The van der Waals surface area contributed by atoms with E-state index in [0.29, 0.717) is 23.1 Å². The summed E-state index contributed by atoms with van der Waals surface area (Å²) in [5.41, 5.74) is 1.33. The molecule has 1 N–H and O–H groups in total. The maximum atomic E-state index is 13.6. The van der Waals surface area contributed by atoms with Gasteiger partial charge in [-0.05, 0) is 25.1 Å². The number of halogens is 1. The molecule has 1 heterocycles. The molecule has 17 heavy (non-hydrogen) atoms. The minimum absolute atomic E-state index is 0.313. The van der Waals surface area contributed by atoms with Crippen molar-refractivity contribution in [3.63, 3.8) is 0 Å². The van der Waals surface area contributed by atoms with Crippen LogP contribution in [-0.4, -0.2) is 17.6 Å². The zero-order valence-corrected chi connectivity index (χ0v) is 9.37. The summed E-state index contributed by atoms with van der Waals surface area (Å²) >= 11 is 0. The van der Waals surface area contributed by atoms with E-state index in [9.17, 15) is 9.18 Å². The topological polar surface area (TPSA) is 42.1 Å². The predicted octanol–water partition coefficient (Wildman–Crippen LogP) is 2.88. The van der Waals surface area contributed by atoms with Gasteiger partial charge in [-0.2, -0.15) is 0 Å². The maximum Gasteiger partial charge on any atom is 0.330 e. The van der Waals surface area contributed by atoms with Crippen LogP contribution in [0.4, 0.5) is 4.39 Å². The monoisotopic (exact) mass is 233 g/mol. The zero-order valence-electron chi connectivity index (χ0n) is 9.37. The Balaban J connectivity index is 2.34. The predicted molar refractivity (Wildman–Crippen MR) is 63.9 cm³/mol. The van der Waals surface area contributed by atoms with Crippen molar-refractivity contribution >= 4 is 22.9 Å². The summed E-state index contributed by atoms with van der Waals surface area (Å²) in [6.45, 7) is 2.06. The molecule has 0 unspecified atom stereocenters. The van der Waals surface area contributed by atoms with Crippen LogP contribution >= 0.6 is 0 Å². The van der Waals surface area contributed by atoms with Gasteiger partial charge >= 0.3 is 5.97 Å². The van der Waals surface area contributed by atoms with Crippen molar-refractivity contribution in [2.24, 2.45) is 0 Å². The molecular weight excluding hydrogens is 221 g/mol. The standard InChI is InChI=1S/C13H12FNO2/c1-2-17-12(16)7-6-9-8-15-11-5-3-4-10(14)13(9)11/h3-8,15H,2H2,1H3/b7-6+. The van der Waals surface area contributed by atoms with Gasteiger partial charge in [0, 0.05) is 28.7 Å². The maximum absolute atomic E-state index is 13.6. The van der Waals surface area contributed by atoms with Gasteiger partial charge in [0.1, 0.15) is 5.82 Å². The molecule has 1 aromatic heterocycles. The largest absolute Gasteiger partial charge is 0.463 e. The molecule has 0 spiro atoms. The number of rotatable bonds is 3. The Morgan fingerprint density at radius 2 is 2.35 bits per heavy atom. The highest BCUT2D eigenvalue weighted by Gasteiger charge is 2.06. The number of fused-ring (bicyclic) bond motifs is 1. The summed E-state index contributed by atoms with van der Waals surface area (Å²) < 4.78 is 18.3. The molecule has 0 amide bonds. The Labute approximate surface area is 97.9 Å². The lowest BCUT2D eigenvalue weighted by Crippen LogP contribution is -1.98. The van der Waals surface area contributed by atoms with Crippen molar-refractivity contribution < 1.29 is 13.9 Å². The first-order chi connectivity index (χ1) is 8.22. The second-order valence-electron chi connectivity index (χ2n) is 3.49. The van der Waals surface area contributed by atoms with E-state index in [-0.39, 0.29) is 5.82 Å². The van der Waals surface area contributed by atoms with Crippen LogP contribution in [-0.2, 0) is 9.53 Å². The number of H-pyrrole nitrogens is 1. The van der Waals surface area contributed by atoms with E-state index in [2.05, 4.69) is 4.98 Å². The molecule has 0 saturated heterocycles. The SMILES string of the molecule is CCOC(=O)/C=C/c1c[nH]c2cccc(F)c12. The van der Waals surface area contributed by atoms with Crippen molar-refractivity contribution in [2.45, 2.75) is 6.92 Å². The molecule has 0 saturated carbocycles. The number of carbonyl (C=O) groups is 1. The summed E-state index contributed by atoms with van der Waals surface area (Å²) in [5.74, 6) is -0.745. The van der Waals surface area contributed by atoms with Gasteiger partial charge in [-0.15, -0.1) is 0 Å². The summed E-state index contributed by atoms with van der Waals surface area (Å²) in [5, 5.41) is 0.480. The first kappa shape index (κ1) is 11.4. The lowest BCUT2D eigenvalue weighted by molar-refractivity contribution is -0.137. The van der Waals surface area contributed by atoms with E-state index in [1.165, 1.54) is 12.1 Å². The van der Waals surface area contributed by atoms with E-state index >= 15 is 0 Å². The highest BCUT2D eigenvalue weighted by atomic mass is 19.1. The van der Waals surface area contributed by atoms with Crippen LogP contribution in [0.15, 0.2) is 30.5 Å². The summed E-state index contributed by atoms with van der Waals surface area (Å²) in [6, 6.07) is 4.80. The van der Waals surface area contributed by atoms with E-state index in [4.69, 9.17) is 4.74 Å². The highest BCUT2D eigenvalue weighted by Crippen LogP contribution is 2.22. The molecule has 0 atom stereocenters. The fourth-order valence-corrected chi connectivity index (χ4v) is 1.65. The minimum atomic E-state index is -0.432. The van der Waals surface area contributed by atoms with Gasteiger partial charge in [-0.25, -0.2) is 9.18 Å². The second-order valence-corrected chi connectivity index (χ2v) is 3.49. The first-order valence-electron chi connectivity index (χ1n) is 5.33. The molecule has 4 heteroatoms. The van der Waals surface area contributed by atoms with Crippen molar-refractivity contribution in [1.82, 2.24) is 4.98 Å². The molecule has 0 aliphatic carbocycles. The van der Waals surface area contributed by atoms with Crippen molar-refractivity contribution in [3.05, 3.63) is 41.9 Å². The second kappa shape index (κ2) is 4.82. The third kappa shape index (κ3) is 2.36. The number of aromatic amines is 1. The van der Waals surface area contributed by atoms with E-state index in [1.807, 2.05) is 0 Å². The fraction of sp³-hybridized carbons (Fsp3) is 0.154. The first-order valence-corrected chi connectivity index (χ1v) is 5.33. The number of carbonyl (C=O) groups excluding carboxylic acids is 1. The number of hydrogen-bond donors (Lipinski definition) is 1. The molecule has 88 valence electrons. The van der Waals surface area contributed by atoms with Crippen LogP contribution in [0.5, 0.6) is 0 Å². The fourth-order valence-electron chi connectivity index (χ4n) is 1.65. The van der Waals surface area contributed by atoms with Gasteiger partial charge in [-0.3, -0.25) is 0 Å². The van der Waals surface area contributed by atoms with Crippen molar-refractivity contribution in [3.8, 4) is 0 Å². The molecule has 1 aromatic carbocycles. The van der Waals surface area contributed by atoms with Gasteiger partial charge in [0.25, 0.3) is 0 Å². The van der Waals surface area contributed by atoms with Crippen LogP contribution < -0.4 is 0 Å². The Hall–Kier alpha value is -2.10. The lowest BCUT2D eigenvalue weighted by atomic mass is 10.1. The van der Waals surface area contributed by atoms with Crippen LogP contribution in [0.2, 0.25) is 0 Å². The summed E-state index contributed by atoms with van der Waals surface area (Å²) in [7, 11) is 0. The molecule has 2 aromatic rings. The van der Waals surface area contributed by atoms with Crippen LogP contribution in [0.3, 0.4) is 0 Å². The average molecular weight is 233 g/mol. The molecule has 2 rings (SSSR count). The molecule has 0 aliphatic heterocycles. The highest BCUT2D eigenvalue weighted by molar-refractivity contribution is 5.94. The quantitative estimate of drug-likeness (QED) is 0.654. The number of hydrogen-bond acceptors (Lipinski definition) is 2. The third-order valence-corrected chi connectivity index (χ3v) is 2.37. The Bertz CT molecular complexity index is 572. The van der Waals surface area contributed by atoms with E-state index in [0.717, 1.165) is 0 Å². The lowest BCUT2D eigenvalue weighted by Gasteiger charge is -1.95. The normalized spacial score (nSPS) is 11.2. The molecule has 0 bridgehead atoms. The smallest absolute Gasteiger partial charge is 0.330 e. The third-order valence-electron chi connectivity index (χ3n) is 2.37. The minimum Gasteiger partial charge on any atom is -0.463 e. The van der Waals surface area contributed by atoms with E-state index < -0.39 is 5.97 Å². The Morgan fingerprint density at radius 1 is 1.53 bits per heavy atom. The number of benzene rings is 1. The molecule has 0 fully saturated rings. The average Bonchev–Trinajstić information content (AvgIpc) is 2.71. The van der Waals surface area contributed by atoms with Gasteiger partial charge in [-0.1, -0.05) is 6.07 Å². The van der Waals surface area contributed by atoms with Crippen LogP contribution in [0.1, 0.15) is 12.5 Å². The Kier molecular flexibility index (Phi) is 3.23. The van der Waals surface area contributed by atoms with Gasteiger partial charge in [0.15, 0.2) is 0 Å². The van der Waals surface area contributed by atoms with Gasteiger partial charge < -0.3 is 9.72 Å². The number of nitrogens with one attached hydrogen (secondary N) is 1. The zero-order chi connectivity index (χ0) is 12.3. The van der Waals surface area contributed by atoms with Gasteiger partial charge in [0.05, 0.1) is 6.61 Å². The number of ether oxygens (including phenoxy) is 1. The van der Waals surface area contributed by atoms with E-state index in [1.54, 1.807) is 31.3 Å².